The van der Waals surface area contributed by atoms with Gasteiger partial charge in [0.1, 0.15) is 0 Å². The molecule has 3 N–H and O–H groups in total. The van der Waals surface area contributed by atoms with Crippen LogP contribution in [0.4, 0.5) is 0 Å². The molecule has 86 valence electrons. The molecule has 2 aliphatic rings. The molecule has 0 bridgehead atoms. The van der Waals surface area contributed by atoms with E-state index in [9.17, 15) is 9.90 Å². The molecule has 15 heavy (non-hydrogen) atoms. The minimum absolute atomic E-state index is 0.0290. The number of hydrogen-bond donors (Lipinski definition) is 3. The Bertz CT molecular complexity index is 231. The van der Waals surface area contributed by atoms with Crippen LogP contribution >= 0.6 is 11.8 Å². The number of amides is 1. The highest BCUT2D eigenvalue weighted by atomic mass is 32.2. The monoisotopic (exact) mass is 230 g/mol. The maximum absolute atomic E-state index is 11.8. The molecule has 2 fully saturated rings. The summed E-state index contributed by atoms with van der Waals surface area (Å²) in [7, 11) is 0. The second kappa shape index (κ2) is 5.18. The van der Waals surface area contributed by atoms with Gasteiger partial charge in [-0.3, -0.25) is 10.1 Å². The van der Waals surface area contributed by atoms with Gasteiger partial charge in [0.2, 0.25) is 5.91 Å². The topological polar surface area (TPSA) is 61.4 Å². The molecule has 2 rings (SSSR count). The van der Waals surface area contributed by atoms with Crippen LogP contribution in [-0.2, 0) is 4.79 Å². The first kappa shape index (κ1) is 11.2. The molecule has 0 aromatic rings. The summed E-state index contributed by atoms with van der Waals surface area (Å²) in [6.45, 7) is 0. The van der Waals surface area contributed by atoms with E-state index < -0.39 is 0 Å². The van der Waals surface area contributed by atoms with Crippen LogP contribution < -0.4 is 10.6 Å². The summed E-state index contributed by atoms with van der Waals surface area (Å²) < 4.78 is 0. The molecule has 4 nitrogen and oxygen atoms in total. The molecule has 0 spiro atoms. The predicted octanol–water partition coefficient (Wildman–Crippen LogP) is 0.0686. The van der Waals surface area contributed by atoms with Crippen molar-refractivity contribution in [2.24, 2.45) is 0 Å². The van der Waals surface area contributed by atoms with Gasteiger partial charge in [-0.1, -0.05) is 12.8 Å². The zero-order valence-electron chi connectivity index (χ0n) is 8.74. The van der Waals surface area contributed by atoms with Crippen molar-refractivity contribution in [2.75, 3.05) is 11.6 Å². The fourth-order valence-corrected chi connectivity index (χ4v) is 3.07. The van der Waals surface area contributed by atoms with Crippen LogP contribution in [0.25, 0.3) is 0 Å². The lowest BCUT2D eigenvalue weighted by atomic mass is 9.92. The van der Waals surface area contributed by atoms with Gasteiger partial charge in [0.05, 0.1) is 18.2 Å². The van der Waals surface area contributed by atoms with E-state index in [2.05, 4.69) is 10.6 Å². The minimum atomic E-state index is -0.350. The standard InChI is InChI=1S/C10H18N2O2S/c13-9-4-2-1-3-7(9)12-10(14)8-5-15-6-11-8/h7-9,11,13H,1-6H2,(H,12,14)/t7-,8?,9-/m1/s1. The third-order valence-corrected chi connectivity index (χ3v) is 4.03. The Balaban J connectivity index is 1.81. The van der Waals surface area contributed by atoms with Gasteiger partial charge in [-0.15, -0.1) is 11.8 Å². The summed E-state index contributed by atoms with van der Waals surface area (Å²) in [4.78, 5) is 11.8. The lowest BCUT2D eigenvalue weighted by Gasteiger charge is -2.29. The number of aliphatic hydroxyl groups excluding tert-OH is 1. The molecular formula is C10H18N2O2S. The number of carbonyl (C=O) groups is 1. The zero-order chi connectivity index (χ0) is 10.7. The third kappa shape index (κ3) is 2.86. The number of rotatable bonds is 2. The first-order chi connectivity index (χ1) is 7.27. The summed E-state index contributed by atoms with van der Waals surface area (Å²) in [5.41, 5.74) is 0. The molecular weight excluding hydrogens is 212 g/mol. The van der Waals surface area contributed by atoms with E-state index in [0.29, 0.717) is 0 Å². The van der Waals surface area contributed by atoms with E-state index in [1.165, 1.54) is 0 Å². The molecule has 1 aliphatic carbocycles. The Morgan fingerprint density at radius 2 is 2.20 bits per heavy atom. The first-order valence-corrected chi connectivity index (χ1v) is 6.72. The van der Waals surface area contributed by atoms with Crippen molar-refractivity contribution in [3.05, 3.63) is 0 Å². The maximum atomic E-state index is 11.8. The molecule has 1 aliphatic heterocycles. The van der Waals surface area contributed by atoms with Crippen molar-refractivity contribution in [1.29, 1.82) is 0 Å². The number of carbonyl (C=O) groups excluding carboxylic acids is 1. The fraction of sp³-hybridized carbons (Fsp3) is 0.900. The Kier molecular flexibility index (Phi) is 3.88. The smallest absolute Gasteiger partial charge is 0.238 e. The molecule has 0 radical (unpaired) electrons. The lowest BCUT2D eigenvalue weighted by Crippen LogP contribution is -2.51. The minimum Gasteiger partial charge on any atom is -0.391 e. The molecule has 1 saturated heterocycles. The Morgan fingerprint density at radius 1 is 1.40 bits per heavy atom. The molecule has 1 unspecified atom stereocenters. The third-order valence-electron chi connectivity index (χ3n) is 3.09. The second-order valence-electron chi connectivity index (χ2n) is 4.24. The highest BCUT2D eigenvalue weighted by Gasteiger charge is 2.28. The normalized spacial score (nSPS) is 36.5. The van der Waals surface area contributed by atoms with E-state index >= 15 is 0 Å². The van der Waals surface area contributed by atoms with Crippen LogP contribution in [0.3, 0.4) is 0 Å². The molecule has 1 saturated carbocycles. The average molecular weight is 230 g/mol. The van der Waals surface area contributed by atoms with Crippen LogP contribution in [0, 0.1) is 0 Å². The van der Waals surface area contributed by atoms with Crippen molar-refractivity contribution in [2.45, 2.75) is 43.9 Å². The molecule has 3 atom stereocenters. The maximum Gasteiger partial charge on any atom is 0.238 e. The van der Waals surface area contributed by atoms with Crippen molar-refractivity contribution >= 4 is 17.7 Å². The van der Waals surface area contributed by atoms with Gasteiger partial charge in [0, 0.05) is 11.6 Å². The zero-order valence-corrected chi connectivity index (χ0v) is 9.55. The second-order valence-corrected chi connectivity index (χ2v) is 5.27. The highest BCUT2D eigenvalue weighted by Crippen LogP contribution is 2.19. The van der Waals surface area contributed by atoms with E-state index in [1.807, 2.05) is 0 Å². The van der Waals surface area contributed by atoms with Gasteiger partial charge < -0.3 is 10.4 Å². The first-order valence-electron chi connectivity index (χ1n) is 5.57. The van der Waals surface area contributed by atoms with Gasteiger partial charge in [-0.05, 0) is 12.8 Å². The molecule has 0 aromatic carbocycles. The van der Waals surface area contributed by atoms with E-state index in [0.717, 1.165) is 37.3 Å². The summed E-state index contributed by atoms with van der Waals surface area (Å²) in [6.07, 6.45) is 3.56. The average Bonchev–Trinajstić information content (AvgIpc) is 2.74. The Labute approximate surface area is 94.2 Å². The van der Waals surface area contributed by atoms with Crippen molar-refractivity contribution in [3.8, 4) is 0 Å². The number of hydrogen-bond acceptors (Lipinski definition) is 4. The van der Waals surface area contributed by atoms with Crippen LogP contribution in [0.15, 0.2) is 0 Å². The number of aliphatic hydroxyl groups is 1. The quantitative estimate of drug-likeness (QED) is 0.628. The summed E-state index contributed by atoms with van der Waals surface area (Å²) >= 11 is 1.74. The van der Waals surface area contributed by atoms with Crippen LogP contribution in [-0.4, -0.2) is 40.8 Å². The summed E-state index contributed by atoms with van der Waals surface area (Å²) in [6, 6.07) is -0.0947. The SMILES string of the molecule is O=C(N[C@@H]1CCCC[C@H]1O)C1CSCN1. The van der Waals surface area contributed by atoms with Gasteiger partial charge in [0.15, 0.2) is 0 Å². The largest absolute Gasteiger partial charge is 0.391 e. The number of nitrogens with one attached hydrogen (secondary N) is 2. The fourth-order valence-electron chi connectivity index (χ4n) is 2.13. The molecule has 5 heteroatoms. The van der Waals surface area contributed by atoms with E-state index in [-0.39, 0.29) is 24.1 Å². The summed E-state index contributed by atoms with van der Waals surface area (Å²) in [5, 5.41) is 15.8. The van der Waals surface area contributed by atoms with Gasteiger partial charge in [-0.2, -0.15) is 0 Å². The van der Waals surface area contributed by atoms with E-state index in [1.54, 1.807) is 11.8 Å². The van der Waals surface area contributed by atoms with E-state index in [4.69, 9.17) is 0 Å². The number of thioether (sulfide) groups is 1. The van der Waals surface area contributed by atoms with Gasteiger partial charge >= 0.3 is 0 Å². The van der Waals surface area contributed by atoms with Crippen LogP contribution in [0.5, 0.6) is 0 Å². The summed E-state index contributed by atoms with van der Waals surface area (Å²) in [5.74, 6) is 1.74. The predicted molar refractivity (Wildman–Crippen MR) is 60.7 cm³/mol. The molecule has 0 aromatic heterocycles. The van der Waals surface area contributed by atoms with Crippen LogP contribution in [0.2, 0.25) is 0 Å². The van der Waals surface area contributed by atoms with Crippen molar-refractivity contribution in [1.82, 2.24) is 10.6 Å². The Morgan fingerprint density at radius 3 is 2.87 bits per heavy atom. The van der Waals surface area contributed by atoms with Crippen molar-refractivity contribution < 1.29 is 9.90 Å². The van der Waals surface area contributed by atoms with Crippen LogP contribution in [0.1, 0.15) is 25.7 Å². The van der Waals surface area contributed by atoms with Gasteiger partial charge in [0.25, 0.3) is 0 Å². The highest BCUT2D eigenvalue weighted by molar-refractivity contribution is 7.99. The Hall–Kier alpha value is -0.260. The molecule has 1 amide bonds. The lowest BCUT2D eigenvalue weighted by molar-refractivity contribution is -0.124. The van der Waals surface area contributed by atoms with Crippen molar-refractivity contribution in [3.63, 3.8) is 0 Å². The van der Waals surface area contributed by atoms with Gasteiger partial charge in [-0.25, -0.2) is 0 Å². The molecule has 1 heterocycles.